The molecule has 2 heterocycles. The van der Waals surface area contributed by atoms with Crippen LogP contribution in [0.15, 0.2) is 5.38 Å². The molecule has 1 saturated heterocycles. The molecule has 0 radical (unpaired) electrons. The van der Waals surface area contributed by atoms with Crippen molar-refractivity contribution in [1.82, 2.24) is 19.9 Å². The van der Waals surface area contributed by atoms with Gasteiger partial charge in [-0.1, -0.05) is 6.92 Å². The Hall–Kier alpha value is -1.19. The highest BCUT2D eigenvalue weighted by molar-refractivity contribution is 7.88. The Balaban J connectivity index is 1.75. The standard InChI is InChI=1S/C14H24N4O3S2/c1-10(13-16-11(2)9-22-13)8-15-14(19)18-6-4-12(5-7-18)17-23(3,20)21/h9-10,12,17H,4-8H2,1-3H3,(H,15,19)/t10-/m1/s1. The molecule has 0 bridgehead atoms. The predicted molar refractivity (Wildman–Crippen MR) is 91.2 cm³/mol. The van der Waals surface area contributed by atoms with Crippen LogP contribution in [0.5, 0.6) is 0 Å². The van der Waals surface area contributed by atoms with Crippen molar-refractivity contribution in [3.63, 3.8) is 0 Å². The van der Waals surface area contributed by atoms with Crippen molar-refractivity contribution in [2.24, 2.45) is 0 Å². The third-order valence-corrected chi connectivity index (χ3v) is 5.74. The van der Waals surface area contributed by atoms with Gasteiger partial charge in [0.2, 0.25) is 10.0 Å². The van der Waals surface area contributed by atoms with E-state index in [4.69, 9.17) is 0 Å². The number of aromatic nitrogens is 1. The Morgan fingerprint density at radius 3 is 2.65 bits per heavy atom. The number of urea groups is 1. The van der Waals surface area contributed by atoms with E-state index in [2.05, 4.69) is 15.0 Å². The number of nitrogens with one attached hydrogen (secondary N) is 2. The number of carbonyl (C=O) groups is 1. The monoisotopic (exact) mass is 360 g/mol. The summed E-state index contributed by atoms with van der Waals surface area (Å²) in [4.78, 5) is 18.4. The summed E-state index contributed by atoms with van der Waals surface area (Å²) in [5, 5.41) is 5.97. The topological polar surface area (TPSA) is 91.4 Å². The van der Waals surface area contributed by atoms with Crippen molar-refractivity contribution >= 4 is 27.4 Å². The van der Waals surface area contributed by atoms with Crippen LogP contribution in [0.2, 0.25) is 0 Å². The van der Waals surface area contributed by atoms with Crippen LogP contribution in [0.25, 0.3) is 0 Å². The smallest absolute Gasteiger partial charge is 0.317 e. The fraction of sp³-hybridized carbons (Fsp3) is 0.714. The Kier molecular flexibility index (Phi) is 5.99. The molecule has 0 saturated carbocycles. The Labute approximate surface area is 141 Å². The number of nitrogens with zero attached hydrogens (tertiary/aromatic N) is 2. The minimum absolute atomic E-state index is 0.0775. The average Bonchev–Trinajstić information content (AvgIpc) is 2.90. The Bertz CT molecular complexity index is 636. The molecule has 1 fully saturated rings. The fourth-order valence-corrected chi connectivity index (χ4v) is 4.24. The summed E-state index contributed by atoms with van der Waals surface area (Å²) in [6.45, 7) is 5.67. The molecular weight excluding hydrogens is 336 g/mol. The first kappa shape index (κ1) is 18.2. The molecular formula is C14H24N4O3S2. The zero-order chi connectivity index (χ0) is 17.0. The summed E-state index contributed by atoms with van der Waals surface area (Å²) in [7, 11) is -3.19. The number of amides is 2. The van der Waals surface area contributed by atoms with E-state index in [-0.39, 0.29) is 18.0 Å². The minimum Gasteiger partial charge on any atom is -0.337 e. The summed E-state index contributed by atoms with van der Waals surface area (Å²) in [5.74, 6) is 0.182. The molecule has 0 aromatic carbocycles. The van der Waals surface area contributed by atoms with E-state index in [9.17, 15) is 13.2 Å². The van der Waals surface area contributed by atoms with Crippen molar-refractivity contribution in [3.05, 3.63) is 16.1 Å². The SMILES string of the molecule is Cc1csc([C@H](C)CNC(=O)N2CCC(NS(C)(=O)=O)CC2)n1. The Morgan fingerprint density at radius 2 is 2.13 bits per heavy atom. The predicted octanol–water partition coefficient (Wildman–Crippen LogP) is 1.28. The molecule has 1 aromatic heterocycles. The van der Waals surface area contributed by atoms with Gasteiger partial charge in [0, 0.05) is 42.7 Å². The van der Waals surface area contributed by atoms with Gasteiger partial charge in [0.1, 0.15) is 0 Å². The van der Waals surface area contributed by atoms with Crippen LogP contribution in [-0.4, -0.2) is 56.3 Å². The maximum Gasteiger partial charge on any atom is 0.317 e. The van der Waals surface area contributed by atoms with E-state index in [1.54, 1.807) is 16.2 Å². The molecule has 23 heavy (non-hydrogen) atoms. The lowest BCUT2D eigenvalue weighted by Crippen LogP contribution is -2.49. The van der Waals surface area contributed by atoms with Gasteiger partial charge in [-0.3, -0.25) is 0 Å². The van der Waals surface area contributed by atoms with Gasteiger partial charge in [-0.05, 0) is 19.8 Å². The van der Waals surface area contributed by atoms with Crippen LogP contribution in [0, 0.1) is 6.92 Å². The summed E-state index contributed by atoms with van der Waals surface area (Å²) >= 11 is 1.61. The normalized spacial score (nSPS) is 18.0. The number of carbonyl (C=O) groups excluding carboxylic acids is 1. The van der Waals surface area contributed by atoms with Crippen LogP contribution < -0.4 is 10.0 Å². The molecule has 0 unspecified atom stereocenters. The second-order valence-electron chi connectivity index (χ2n) is 6.07. The van der Waals surface area contributed by atoms with E-state index >= 15 is 0 Å². The molecule has 1 aromatic rings. The lowest BCUT2D eigenvalue weighted by atomic mass is 10.1. The van der Waals surface area contributed by atoms with Crippen LogP contribution in [-0.2, 0) is 10.0 Å². The largest absolute Gasteiger partial charge is 0.337 e. The second kappa shape index (κ2) is 7.59. The highest BCUT2D eigenvalue weighted by atomic mass is 32.2. The maximum absolute atomic E-state index is 12.2. The van der Waals surface area contributed by atoms with E-state index in [1.807, 2.05) is 19.2 Å². The molecule has 9 heteroatoms. The number of rotatable bonds is 5. The minimum atomic E-state index is -3.19. The fourth-order valence-electron chi connectivity index (χ4n) is 2.54. The highest BCUT2D eigenvalue weighted by Crippen LogP contribution is 2.19. The van der Waals surface area contributed by atoms with Gasteiger partial charge < -0.3 is 10.2 Å². The molecule has 7 nitrogen and oxygen atoms in total. The first-order valence-electron chi connectivity index (χ1n) is 7.66. The summed E-state index contributed by atoms with van der Waals surface area (Å²) in [5.41, 5.74) is 1.00. The maximum atomic E-state index is 12.2. The first-order chi connectivity index (χ1) is 10.7. The molecule has 1 aliphatic rings. The summed E-state index contributed by atoms with van der Waals surface area (Å²) in [6.07, 6.45) is 2.44. The van der Waals surface area contributed by atoms with Gasteiger partial charge in [-0.25, -0.2) is 22.9 Å². The molecule has 0 spiro atoms. The van der Waals surface area contributed by atoms with Crippen LogP contribution >= 0.6 is 11.3 Å². The zero-order valence-electron chi connectivity index (χ0n) is 13.7. The third-order valence-electron chi connectivity index (χ3n) is 3.78. The number of likely N-dealkylation sites (tertiary alicyclic amines) is 1. The third kappa shape index (κ3) is 5.74. The number of hydrogen-bond acceptors (Lipinski definition) is 5. The number of sulfonamides is 1. The van der Waals surface area contributed by atoms with Crippen molar-refractivity contribution in [3.8, 4) is 0 Å². The van der Waals surface area contributed by atoms with Crippen LogP contribution in [0.3, 0.4) is 0 Å². The molecule has 2 amide bonds. The quantitative estimate of drug-likeness (QED) is 0.827. The number of thiazole rings is 1. The summed E-state index contributed by atoms with van der Waals surface area (Å²) < 4.78 is 25.0. The Morgan fingerprint density at radius 1 is 1.48 bits per heavy atom. The van der Waals surface area contributed by atoms with E-state index < -0.39 is 10.0 Å². The lowest BCUT2D eigenvalue weighted by Gasteiger charge is -2.32. The van der Waals surface area contributed by atoms with Gasteiger partial charge in [-0.2, -0.15) is 0 Å². The lowest BCUT2D eigenvalue weighted by molar-refractivity contribution is 0.179. The van der Waals surface area contributed by atoms with E-state index in [0.29, 0.717) is 32.5 Å². The molecule has 0 aliphatic carbocycles. The van der Waals surface area contributed by atoms with Crippen molar-refractivity contribution in [1.29, 1.82) is 0 Å². The van der Waals surface area contributed by atoms with E-state index in [1.165, 1.54) is 0 Å². The number of hydrogen-bond donors (Lipinski definition) is 2. The van der Waals surface area contributed by atoms with Crippen LogP contribution in [0.4, 0.5) is 4.79 Å². The van der Waals surface area contributed by atoms with Gasteiger partial charge >= 0.3 is 6.03 Å². The van der Waals surface area contributed by atoms with Crippen molar-refractivity contribution < 1.29 is 13.2 Å². The molecule has 130 valence electrons. The van der Waals surface area contributed by atoms with Crippen molar-refractivity contribution in [2.75, 3.05) is 25.9 Å². The van der Waals surface area contributed by atoms with Gasteiger partial charge in [0.15, 0.2) is 0 Å². The van der Waals surface area contributed by atoms with Gasteiger partial charge in [0.25, 0.3) is 0 Å². The van der Waals surface area contributed by atoms with Gasteiger partial charge in [-0.15, -0.1) is 11.3 Å². The summed E-state index contributed by atoms with van der Waals surface area (Å²) in [6, 6.07) is -0.172. The van der Waals surface area contributed by atoms with Gasteiger partial charge in [0.05, 0.1) is 11.3 Å². The highest BCUT2D eigenvalue weighted by Gasteiger charge is 2.24. The average molecular weight is 361 g/mol. The number of piperidine rings is 1. The molecule has 1 aliphatic heterocycles. The zero-order valence-corrected chi connectivity index (χ0v) is 15.3. The molecule has 1 atom stereocenters. The molecule has 2 rings (SSSR count). The van der Waals surface area contributed by atoms with Crippen molar-refractivity contribution in [2.45, 2.75) is 38.6 Å². The molecule has 2 N–H and O–H groups in total. The first-order valence-corrected chi connectivity index (χ1v) is 10.4. The number of aryl methyl sites for hydroxylation is 1. The van der Waals surface area contributed by atoms with Crippen LogP contribution in [0.1, 0.15) is 36.4 Å². The van der Waals surface area contributed by atoms with E-state index in [0.717, 1.165) is 17.0 Å². The second-order valence-corrected chi connectivity index (χ2v) is 8.74.